The van der Waals surface area contributed by atoms with Crippen molar-refractivity contribution < 1.29 is 19.1 Å². The van der Waals surface area contributed by atoms with E-state index in [0.717, 1.165) is 50.2 Å². The number of benzene rings is 1. The van der Waals surface area contributed by atoms with Gasteiger partial charge in [-0.25, -0.2) is 9.97 Å². The number of nitrogens with one attached hydrogen (secondary N) is 1. The SMILES string of the molecule is COc1ccc(NC(=O)c2cnc(C)nc2CC2CCN(C(=O)[C@@H]3CCCO3)CC2)cc1. The van der Waals surface area contributed by atoms with E-state index in [-0.39, 0.29) is 17.9 Å². The summed E-state index contributed by atoms with van der Waals surface area (Å²) >= 11 is 0. The number of anilines is 1. The second-order valence-corrected chi connectivity index (χ2v) is 8.43. The molecule has 2 saturated heterocycles. The molecule has 2 fully saturated rings. The van der Waals surface area contributed by atoms with Gasteiger partial charge in [0.25, 0.3) is 11.8 Å². The number of aryl methyl sites for hydroxylation is 1. The minimum Gasteiger partial charge on any atom is -0.497 e. The van der Waals surface area contributed by atoms with Crippen molar-refractivity contribution in [3.05, 3.63) is 47.5 Å². The summed E-state index contributed by atoms with van der Waals surface area (Å²) in [5.41, 5.74) is 1.93. The van der Waals surface area contributed by atoms with Gasteiger partial charge in [-0.05, 0) is 69.2 Å². The molecule has 8 nitrogen and oxygen atoms in total. The lowest BCUT2D eigenvalue weighted by Gasteiger charge is -2.33. The van der Waals surface area contributed by atoms with Gasteiger partial charge in [-0.15, -0.1) is 0 Å². The van der Waals surface area contributed by atoms with Gasteiger partial charge in [0.05, 0.1) is 18.4 Å². The van der Waals surface area contributed by atoms with Crippen molar-refractivity contribution in [1.82, 2.24) is 14.9 Å². The molecule has 2 aliphatic heterocycles. The summed E-state index contributed by atoms with van der Waals surface area (Å²) in [5.74, 6) is 1.64. The van der Waals surface area contributed by atoms with Gasteiger partial charge in [-0.1, -0.05) is 0 Å². The van der Waals surface area contributed by atoms with Gasteiger partial charge in [0, 0.05) is 31.6 Å². The molecule has 2 aromatic rings. The summed E-state index contributed by atoms with van der Waals surface area (Å²) in [6.07, 6.45) is 5.60. The van der Waals surface area contributed by atoms with Crippen LogP contribution in [0.2, 0.25) is 0 Å². The van der Waals surface area contributed by atoms with Crippen LogP contribution in [0.15, 0.2) is 30.5 Å². The van der Waals surface area contributed by atoms with Crippen molar-refractivity contribution in [1.29, 1.82) is 0 Å². The number of amides is 2. The number of methoxy groups -OCH3 is 1. The van der Waals surface area contributed by atoms with E-state index in [4.69, 9.17) is 9.47 Å². The maximum Gasteiger partial charge on any atom is 0.259 e. The molecule has 0 radical (unpaired) electrons. The normalized spacial score (nSPS) is 19.1. The van der Waals surface area contributed by atoms with E-state index in [9.17, 15) is 9.59 Å². The van der Waals surface area contributed by atoms with Gasteiger partial charge in [-0.3, -0.25) is 9.59 Å². The molecular weight excluding hydrogens is 408 g/mol. The molecule has 1 atom stereocenters. The van der Waals surface area contributed by atoms with Gasteiger partial charge in [0.15, 0.2) is 0 Å². The van der Waals surface area contributed by atoms with E-state index in [0.29, 0.717) is 36.0 Å². The Labute approximate surface area is 188 Å². The summed E-state index contributed by atoms with van der Waals surface area (Å²) in [7, 11) is 1.60. The number of aromatic nitrogens is 2. The third kappa shape index (κ3) is 5.24. The maximum absolute atomic E-state index is 12.9. The van der Waals surface area contributed by atoms with E-state index >= 15 is 0 Å². The van der Waals surface area contributed by atoms with Crippen LogP contribution < -0.4 is 10.1 Å². The number of hydrogen-bond acceptors (Lipinski definition) is 6. The molecule has 0 spiro atoms. The van der Waals surface area contributed by atoms with Crippen molar-refractivity contribution >= 4 is 17.5 Å². The lowest BCUT2D eigenvalue weighted by molar-refractivity contribution is -0.142. The third-order valence-electron chi connectivity index (χ3n) is 6.19. The monoisotopic (exact) mass is 438 g/mol. The Kier molecular flexibility index (Phi) is 6.99. The Morgan fingerprint density at radius 3 is 2.59 bits per heavy atom. The fourth-order valence-electron chi connectivity index (χ4n) is 4.34. The number of piperidine rings is 1. The summed E-state index contributed by atoms with van der Waals surface area (Å²) in [6, 6.07) is 7.19. The number of likely N-dealkylation sites (tertiary alicyclic amines) is 1. The highest BCUT2D eigenvalue weighted by Gasteiger charge is 2.31. The van der Waals surface area contributed by atoms with Gasteiger partial charge < -0.3 is 19.7 Å². The van der Waals surface area contributed by atoms with E-state index in [1.165, 1.54) is 0 Å². The molecule has 8 heteroatoms. The van der Waals surface area contributed by atoms with Crippen LogP contribution in [0, 0.1) is 12.8 Å². The lowest BCUT2D eigenvalue weighted by atomic mass is 9.90. The van der Waals surface area contributed by atoms with Crippen molar-refractivity contribution in [2.75, 3.05) is 32.1 Å². The fraction of sp³-hybridized carbons (Fsp3) is 0.500. The quantitative estimate of drug-likeness (QED) is 0.745. The first-order valence-electron chi connectivity index (χ1n) is 11.2. The highest BCUT2D eigenvalue weighted by Crippen LogP contribution is 2.25. The lowest BCUT2D eigenvalue weighted by Crippen LogP contribution is -2.44. The van der Waals surface area contributed by atoms with Crippen LogP contribution in [0.25, 0.3) is 0 Å². The zero-order chi connectivity index (χ0) is 22.5. The van der Waals surface area contributed by atoms with Crippen LogP contribution in [-0.2, 0) is 16.0 Å². The minimum absolute atomic E-state index is 0.124. The highest BCUT2D eigenvalue weighted by molar-refractivity contribution is 6.04. The zero-order valence-electron chi connectivity index (χ0n) is 18.7. The van der Waals surface area contributed by atoms with Crippen molar-refractivity contribution in [3.63, 3.8) is 0 Å². The van der Waals surface area contributed by atoms with Crippen molar-refractivity contribution in [2.24, 2.45) is 5.92 Å². The average molecular weight is 439 g/mol. The Balaban J connectivity index is 1.39. The molecule has 4 rings (SSSR count). The van der Waals surface area contributed by atoms with Crippen LogP contribution in [-0.4, -0.2) is 59.6 Å². The molecule has 1 aromatic carbocycles. The molecule has 0 aliphatic carbocycles. The molecular formula is C24H30N4O4. The predicted molar refractivity (Wildman–Crippen MR) is 120 cm³/mol. The molecule has 170 valence electrons. The molecule has 0 bridgehead atoms. The molecule has 2 aliphatic rings. The molecule has 3 heterocycles. The smallest absolute Gasteiger partial charge is 0.259 e. The number of ether oxygens (including phenoxy) is 2. The van der Waals surface area contributed by atoms with Gasteiger partial charge in [0.1, 0.15) is 17.7 Å². The van der Waals surface area contributed by atoms with Crippen LogP contribution >= 0.6 is 0 Å². The second kappa shape index (κ2) is 10.1. The van der Waals surface area contributed by atoms with Crippen molar-refractivity contribution in [3.8, 4) is 5.75 Å². The topological polar surface area (TPSA) is 93.6 Å². The average Bonchev–Trinajstić information content (AvgIpc) is 3.35. The van der Waals surface area contributed by atoms with Crippen LogP contribution in [0.4, 0.5) is 5.69 Å². The van der Waals surface area contributed by atoms with Gasteiger partial charge >= 0.3 is 0 Å². The molecule has 0 saturated carbocycles. The van der Waals surface area contributed by atoms with Crippen LogP contribution in [0.5, 0.6) is 5.75 Å². The van der Waals surface area contributed by atoms with E-state index < -0.39 is 0 Å². The predicted octanol–water partition coefficient (Wildman–Crippen LogP) is 3.01. The number of carbonyl (C=O) groups is 2. The summed E-state index contributed by atoms with van der Waals surface area (Å²) in [4.78, 5) is 36.3. The minimum atomic E-state index is -0.260. The van der Waals surface area contributed by atoms with Crippen LogP contribution in [0.1, 0.15) is 47.6 Å². The first-order chi connectivity index (χ1) is 15.5. The zero-order valence-corrected chi connectivity index (χ0v) is 18.7. The standard InChI is InChI=1S/C24H30N4O4/c1-16-25-15-20(23(29)27-18-5-7-19(31-2)8-6-18)21(26-16)14-17-9-11-28(12-10-17)24(30)22-4-3-13-32-22/h5-8,15,17,22H,3-4,9-14H2,1-2H3,(H,27,29)/t22-/m0/s1. The maximum atomic E-state index is 12.9. The van der Waals surface area contributed by atoms with E-state index in [1.807, 2.05) is 11.8 Å². The molecule has 32 heavy (non-hydrogen) atoms. The summed E-state index contributed by atoms with van der Waals surface area (Å²) < 4.78 is 10.7. The molecule has 2 amide bonds. The Bertz CT molecular complexity index is 949. The number of carbonyl (C=O) groups excluding carboxylic acids is 2. The van der Waals surface area contributed by atoms with E-state index in [1.54, 1.807) is 37.6 Å². The first kappa shape index (κ1) is 22.2. The second-order valence-electron chi connectivity index (χ2n) is 8.43. The van der Waals surface area contributed by atoms with Crippen molar-refractivity contribution in [2.45, 2.75) is 45.1 Å². The Morgan fingerprint density at radius 1 is 1.19 bits per heavy atom. The van der Waals surface area contributed by atoms with Gasteiger partial charge in [-0.2, -0.15) is 0 Å². The summed E-state index contributed by atoms with van der Waals surface area (Å²) in [6.45, 7) is 3.96. The molecule has 1 N–H and O–H groups in total. The fourth-order valence-corrected chi connectivity index (χ4v) is 4.34. The van der Waals surface area contributed by atoms with E-state index in [2.05, 4.69) is 15.3 Å². The third-order valence-corrected chi connectivity index (χ3v) is 6.19. The highest BCUT2D eigenvalue weighted by atomic mass is 16.5. The van der Waals surface area contributed by atoms with Crippen LogP contribution in [0.3, 0.4) is 0 Å². The number of nitrogens with zero attached hydrogens (tertiary/aromatic N) is 3. The number of rotatable bonds is 6. The number of hydrogen-bond donors (Lipinski definition) is 1. The van der Waals surface area contributed by atoms with Gasteiger partial charge in [0.2, 0.25) is 0 Å². The largest absolute Gasteiger partial charge is 0.497 e. The Morgan fingerprint density at radius 2 is 1.94 bits per heavy atom. The molecule has 1 aromatic heterocycles. The molecule has 0 unspecified atom stereocenters. The Hall–Kier alpha value is -3.00. The first-order valence-corrected chi connectivity index (χ1v) is 11.2. The summed E-state index contributed by atoms with van der Waals surface area (Å²) in [5, 5.41) is 2.92.